The average molecular weight is 473 g/mol. The third-order valence-electron chi connectivity index (χ3n) is 4.59. The van der Waals surface area contributed by atoms with E-state index in [0.29, 0.717) is 28.7 Å². The number of hydrogen-bond acceptors (Lipinski definition) is 7. The molecule has 0 spiro atoms. The van der Waals surface area contributed by atoms with E-state index >= 15 is 0 Å². The van der Waals surface area contributed by atoms with Crippen LogP contribution in [0.3, 0.4) is 0 Å². The Morgan fingerprint density at radius 3 is 2.41 bits per heavy atom. The zero-order chi connectivity index (χ0) is 24.3. The highest BCUT2D eigenvalue weighted by molar-refractivity contribution is 5.91. The molecule has 0 radical (unpaired) electrons. The normalized spacial score (nSPS) is 11.3. The molecule has 12 heteroatoms. The maximum atomic E-state index is 12.3. The van der Waals surface area contributed by atoms with Crippen molar-refractivity contribution >= 4 is 28.6 Å². The van der Waals surface area contributed by atoms with E-state index in [1.54, 1.807) is 29.8 Å². The summed E-state index contributed by atoms with van der Waals surface area (Å²) in [5.74, 6) is 0.519. The van der Waals surface area contributed by atoms with Gasteiger partial charge >= 0.3 is 6.36 Å². The van der Waals surface area contributed by atoms with Gasteiger partial charge in [0.05, 0.1) is 18.1 Å². The van der Waals surface area contributed by atoms with E-state index in [4.69, 9.17) is 4.74 Å². The van der Waals surface area contributed by atoms with Gasteiger partial charge in [0.2, 0.25) is 5.95 Å². The van der Waals surface area contributed by atoms with Crippen LogP contribution in [0.5, 0.6) is 17.2 Å². The van der Waals surface area contributed by atoms with E-state index in [1.165, 1.54) is 43.6 Å². The largest absolute Gasteiger partial charge is 0.573 e. The minimum atomic E-state index is -4.75. The van der Waals surface area contributed by atoms with E-state index in [-0.39, 0.29) is 11.4 Å². The lowest BCUT2D eigenvalue weighted by Crippen LogP contribution is -2.22. The first-order valence-corrected chi connectivity index (χ1v) is 9.78. The summed E-state index contributed by atoms with van der Waals surface area (Å²) in [6.45, 7) is 0. The number of anilines is 2. The number of carbonyl (C=O) groups is 1. The number of imidazole rings is 1. The van der Waals surface area contributed by atoms with Gasteiger partial charge in [0.15, 0.2) is 0 Å². The first kappa shape index (κ1) is 22.9. The molecule has 2 N–H and O–H groups in total. The maximum absolute atomic E-state index is 12.3. The molecule has 2 heterocycles. The number of nitrogens with zero attached hydrogens (tertiary/aromatic N) is 3. The lowest BCUT2D eigenvalue weighted by atomic mass is 10.3. The number of pyridine rings is 1. The van der Waals surface area contributed by atoms with E-state index < -0.39 is 12.3 Å². The number of hydroxylamine groups is 1. The van der Waals surface area contributed by atoms with E-state index in [9.17, 15) is 18.0 Å². The summed E-state index contributed by atoms with van der Waals surface area (Å²) in [6.07, 6.45) is -3.31. The number of alkyl halides is 3. The Morgan fingerprint density at radius 2 is 1.71 bits per heavy atom. The Balaban J connectivity index is 1.51. The van der Waals surface area contributed by atoms with Crippen molar-refractivity contribution in [3.8, 4) is 17.2 Å². The first-order chi connectivity index (χ1) is 16.2. The minimum absolute atomic E-state index is 0.122. The molecule has 9 nitrogen and oxygen atoms in total. The fourth-order valence-electron chi connectivity index (χ4n) is 3.10. The monoisotopic (exact) mass is 473 g/mol. The number of nitrogens with one attached hydrogen (secondary N) is 2. The highest BCUT2D eigenvalue weighted by atomic mass is 19.4. The summed E-state index contributed by atoms with van der Waals surface area (Å²) in [6, 6.07) is 13.7. The highest BCUT2D eigenvalue weighted by Gasteiger charge is 2.31. The number of ether oxygens (including phenoxy) is 2. The molecule has 0 aliphatic heterocycles. The summed E-state index contributed by atoms with van der Waals surface area (Å²) < 4.78 is 48.5. The van der Waals surface area contributed by atoms with Gasteiger partial charge in [-0.2, -0.15) is 0 Å². The fourth-order valence-corrected chi connectivity index (χ4v) is 3.10. The van der Waals surface area contributed by atoms with Crippen molar-refractivity contribution < 1.29 is 32.3 Å². The van der Waals surface area contributed by atoms with Crippen molar-refractivity contribution in [2.24, 2.45) is 7.05 Å². The van der Waals surface area contributed by atoms with Crippen molar-refractivity contribution in [3.05, 3.63) is 66.5 Å². The van der Waals surface area contributed by atoms with Crippen molar-refractivity contribution in [2.75, 3.05) is 12.4 Å². The second-order valence-electron chi connectivity index (χ2n) is 6.96. The van der Waals surface area contributed by atoms with E-state index in [0.717, 1.165) is 5.52 Å². The second kappa shape index (κ2) is 9.27. The Hall–Kier alpha value is -4.32. The van der Waals surface area contributed by atoms with Crippen molar-refractivity contribution in [1.29, 1.82) is 0 Å². The summed E-state index contributed by atoms with van der Waals surface area (Å²) >= 11 is 0. The fraction of sp³-hybridized carbons (Fsp3) is 0.136. The Kier molecular flexibility index (Phi) is 6.23. The van der Waals surface area contributed by atoms with Crippen molar-refractivity contribution in [1.82, 2.24) is 20.0 Å². The quantitative estimate of drug-likeness (QED) is 0.376. The van der Waals surface area contributed by atoms with Gasteiger partial charge in [0.1, 0.15) is 22.9 Å². The first-order valence-electron chi connectivity index (χ1n) is 9.78. The van der Waals surface area contributed by atoms with Crippen LogP contribution in [0.25, 0.3) is 11.0 Å². The molecule has 4 aromatic rings. The van der Waals surface area contributed by atoms with Crippen LogP contribution in [0.4, 0.5) is 24.8 Å². The molecular weight excluding hydrogens is 455 g/mol. The van der Waals surface area contributed by atoms with Gasteiger partial charge in [-0.3, -0.25) is 14.6 Å². The number of rotatable bonds is 7. The molecule has 0 fully saturated rings. The molecule has 2 aromatic carbocycles. The second-order valence-corrected chi connectivity index (χ2v) is 6.96. The predicted molar refractivity (Wildman–Crippen MR) is 116 cm³/mol. The van der Waals surface area contributed by atoms with Crippen molar-refractivity contribution in [2.45, 2.75) is 6.36 Å². The molecule has 0 bridgehead atoms. The molecule has 0 unspecified atom stereocenters. The average Bonchev–Trinajstić information content (AvgIpc) is 3.09. The van der Waals surface area contributed by atoms with E-state index in [2.05, 4.69) is 30.3 Å². The topological polar surface area (TPSA) is 99.5 Å². The van der Waals surface area contributed by atoms with Crippen molar-refractivity contribution in [3.63, 3.8) is 0 Å². The third-order valence-corrected chi connectivity index (χ3v) is 4.59. The van der Waals surface area contributed by atoms with Gasteiger partial charge in [0.25, 0.3) is 5.91 Å². The van der Waals surface area contributed by atoms with Crippen LogP contribution in [0.15, 0.2) is 60.8 Å². The Labute approximate surface area is 191 Å². The van der Waals surface area contributed by atoms with Gasteiger partial charge in [-0.15, -0.1) is 13.2 Å². The Morgan fingerprint density at radius 1 is 1.00 bits per heavy atom. The molecule has 34 heavy (non-hydrogen) atoms. The van der Waals surface area contributed by atoms with Gasteiger partial charge in [-0.1, -0.05) is 0 Å². The van der Waals surface area contributed by atoms with Crippen LogP contribution < -0.4 is 20.3 Å². The van der Waals surface area contributed by atoms with Crippen LogP contribution in [0.1, 0.15) is 10.5 Å². The number of aromatic nitrogens is 3. The summed E-state index contributed by atoms with van der Waals surface area (Å²) in [4.78, 5) is 25.0. The van der Waals surface area contributed by atoms with Crippen LogP contribution in [-0.2, 0) is 11.9 Å². The molecule has 0 saturated carbocycles. The van der Waals surface area contributed by atoms with Gasteiger partial charge in [0, 0.05) is 31.1 Å². The van der Waals surface area contributed by atoms with Gasteiger partial charge in [-0.25, -0.2) is 10.5 Å². The van der Waals surface area contributed by atoms with Crippen LogP contribution in [-0.4, -0.2) is 33.9 Å². The lowest BCUT2D eigenvalue weighted by Gasteiger charge is -2.10. The molecule has 0 atom stereocenters. The lowest BCUT2D eigenvalue weighted by molar-refractivity contribution is -0.274. The number of carbonyl (C=O) groups excluding carboxylic acids is 1. The summed E-state index contributed by atoms with van der Waals surface area (Å²) in [5, 5.41) is 3.06. The molecule has 1 amide bonds. The van der Waals surface area contributed by atoms with Crippen LogP contribution >= 0.6 is 0 Å². The predicted octanol–water partition coefficient (Wildman–Crippen LogP) is 4.69. The number of benzene rings is 2. The molecule has 0 saturated heterocycles. The smallest absolute Gasteiger partial charge is 0.457 e. The van der Waals surface area contributed by atoms with Crippen LogP contribution in [0, 0.1) is 0 Å². The SMILES string of the molecule is CONC(=O)c1cc(Oc2ccc3c(c2)nc(Nc2ccc(OC(F)(F)F)cc2)n3C)ccn1. The molecular formula is C22H18F3N5O4. The number of aryl methyl sites for hydroxylation is 1. The third kappa shape index (κ3) is 5.35. The molecule has 4 rings (SSSR count). The number of fused-ring (bicyclic) bond motifs is 1. The minimum Gasteiger partial charge on any atom is -0.457 e. The standard InChI is InChI=1S/C22H18F3N5O4/c1-30-19-8-7-15(33-16-9-10-26-18(12-16)20(31)29-32-2)11-17(19)28-21(30)27-13-3-5-14(6-4-13)34-22(23,24)25/h3-12H,1-2H3,(H,27,28)(H,29,31). The Bertz CT molecular complexity index is 1320. The van der Waals surface area contributed by atoms with Crippen LogP contribution in [0.2, 0.25) is 0 Å². The van der Waals surface area contributed by atoms with Gasteiger partial charge < -0.3 is 19.4 Å². The zero-order valence-electron chi connectivity index (χ0n) is 17.9. The van der Waals surface area contributed by atoms with Gasteiger partial charge in [-0.05, 0) is 42.5 Å². The molecule has 176 valence electrons. The molecule has 0 aliphatic rings. The van der Waals surface area contributed by atoms with E-state index in [1.807, 2.05) is 6.07 Å². The summed E-state index contributed by atoms with van der Waals surface area (Å²) in [7, 11) is 3.11. The number of hydrogen-bond donors (Lipinski definition) is 2. The molecule has 0 aliphatic carbocycles. The molecule has 2 aromatic heterocycles. The number of halogens is 3. The number of amides is 1. The summed E-state index contributed by atoms with van der Waals surface area (Å²) in [5.41, 5.74) is 4.25. The zero-order valence-corrected chi connectivity index (χ0v) is 17.9. The maximum Gasteiger partial charge on any atom is 0.573 e. The highest BCUT2D eigenvalue weighted by Crippen LogP contribution is 2.29.